The van der Waals surface area contributed by atoms with Crippen LogP contribution in [0.5, 0.6) is 0 Å². The van der Waals surface area contributed by atoms with Crippen LogP contribution in [0.2, 0.25) is 0 Å². The summed E-state index contributed by atoms with van der Waals surface area (Å²) in [5, 5.41) is 0. The summed E-state index contributed by atoms with van der Waals surface area (Å²) < 4.78 is 0. The minimum absolute atomic E-state index is 0.266. The lowest BCUT2D eigenvalue weighted by Crippen LogP contribution is -2.31. The predicted molar refractivity (Wildman–Crippen MR) is 129 cm³/mol. The van der Waals surface area contributed by atoms with Gasteiger partial charge < -0.3 is 16.4 Å². The SMILES string of the molecule is C[C@H](N)C1CCCC(CCc2cnc(N)nc2N(C)c2ccnc(-c3ccccc3)n2)C1. The van der Waals surface area contributed by atoms with E-state index in [9.17, 15) is 0 Å². The highest BCUT2D eigenvalue weighted by molar-refractivity contribution is 5.63. The number of nitrogens with zero attached hydrogens (tertiary/aromatic N) is 5. The molecular weight excluding hydrogens is 398 g/mol. The number of aryl methyl sites for hydroxylation is 1. The Balaban J connectivity index is 1.53. The molecule has 0 spiro atoms. The first-order chi connectivity index (χ1) is 15.5. The van der Waals surface area contributed by atoms with Crippen molar-refractivity contribution in [3.05, 3.63) is 54.4 Å². The zero-order valence-corrected chi connectivity index (χ0v) is 19.0. The minimum atomic E-state index is 0.266. The van der Waals surface area contributed by atoms with Crippen LogP contribution >= 0.6 is 0 Å². The van der Waals surface area contributed by atoms with Crippen LogP contribution in [0.25, 0.3) is 11.4 Å². The monoisotopic (exact) mass is 431 g/mol. The number of hydrogen-bond donors (Lipinski definition) is 2. The molecule has 7 nitrogen and oxygen atoms in total. The zero-order valence-electron chi connectivity index (χ0n) is 19.0. The van der Waals surface area contributed by atoms with Gasteiger partial charge in [0.2, 0.25) is 5.95 Å². The smallest absolute Gasteiger partial charge is 0.221 e. The predicted octanol–water partition coefficient (Wildman–Crippen LogP) is 4.37. The lowest BCUT2D eigenvalue weighted by molar-refractivity contribution is 0.231. The fourth-order valence-corrected chi connectivity index (χ4v) is 4.68. The summed E-state index contributed by atoms with van der Waals surface area (Å²) in [6.45, 7) is 2.14. The lowest BCUT2D eigenvalue weighted by atomic mass is 9.76. The fourth-order valence-electron chi connectivity index (χ4n) is 4.68. The molecule has 0 bridgehead atoms. The first-order valence-corrected chi connectivity index (χ1v) is 11.5. The van der Waals surface area contributed by atoms with Crippen molar-refractivity contribution in [3.63, 3.8) is 0 Å². The molecule has 4 N–H and O–H groups in total. The number of hydrogen-bond acceptors (Lipinski definition) is 7. The van der Waals surface area contributed by atoms with Crippen molar-refractivity contribution in [2.45, 2.75) is 51.5 Å². The number of nitrogen functional groups attached to an aromatic ring is 1. The topological polar surface area (TPSA) is 107 Å². The Hall–Kier alpha value is -3.06. The quantitative estimate of drug-likeness (QED) is 0.572. The van der Waals surface area contributed by atoms with E-state index in [4.69, 9.17) is 16.5 Å². The summed E-state index contributed by atoms with van der Waals surface area (Å²) in [7, 11) is 1.97. The molecule has 3 aromatic rings. The van der Waals surface area contributed by atoms with Gasteiger partial charge in [0.15, 0.2) is 5.82 Å². The van der Waals surface area contributed by atoms with Crippen molar-refractivity contribution in [1.29, 1.82) is 0 Å². The Morgan fingerprint density at radius 1 is 1.09 bits per heavy atom. The molecule has 2 unspecified atom stereocenters. The molecular formula is C25H33N7. The first-order valence-electron chi connectivity index (χ1n) is 11.5. The Labute approximate surface area is 190 Å². The lowest BCUT2D eigenvalue weighted by Gasteiger charge is -2.31. The van der Waals surface area contributed by atoms with Crippen LogP contribution in [-0.2, 0) is 6.42 Å². The van der Waals surface area contributed by atoms with Crippen molar-refractivity contribution in [2.75, 3.05) is 17.7 Å². The Bertz CT molecular complexity index is 1020. The van der Waals surface area contributed by atoms with Crippen molar-refractivity contribution in [1.82, 2.24) is 19.9 Å². The Kier molecular flexibility index (Phi) is 6.95. The molecule has 1 fully saturated rings. The van der Waals surface area contributed by atoms with E-state index in [0.29, 0.717) is 17.7 Å². The van der Waals surface area contributed by atoms with Gasteiger partial charge in [0.25, 0.3) is 0 Å². The van der Waals surface area contributed by atoms with Gasteiger partial charge in [-0.1, -0.05) is 43.2 Å². The van der Waals surface area contributed by atoms with E-state index in [2.05, 4.69) is 21.9 Å². The normalized spacial score (nSPS) is 19.5. The summed E-state index contributed by atoms with van der Waals surface area (Å²) in [5.41, 5.74) is 14.2. The van der Waals surface area contributed by atoms with Crippen LogP contribution in [0.4, 0.5) is 17.6 Å². The maximum absolute atomic E-state index is 6.18. The molecule has 0 radical (unpaired) electrons. The van der Waals surface area contributed by atoms with E-state index >= 15 is 0 Å². The van der Waals surface area contributed by atoms with Crippen LogP contribution in [0.15, 0.2) is 48.8 Å². The van der Waals surface area contributed by atoms with Crippen molar-refractivity contribution < 1.29 is 0 Å². The third-order valence-electron chi connectivity index (χ3n) is 6.58. The second-order valence-corrected chi connectivity index (χ2v) is 8.93. The maximum atomic E-state index is 6.18. The third-order valence-corrected chi connectivity index (χ3v) is 6.58. The number of benzene rings is 1. The molecule has 3 atom stereocenters. The van der Waals surface area contributed by atoms with Gasteiger partial charge in [-0.25, -0.2) is 15.0 Å². The molecule has 0 aliphatic heterocycles. The van der Waals surface area contributed by atoms with Gasteiger partial charge in [0, 0.05) is 36.6 Å². The van der Waals surface area contributed by atoms with E-state index < -0.39 is 0 Å². The second-order valence-electron chi connectivity index (χ2n) is 8.93. The van der Waals surface area contributed by atoms with Gasteiger partial charge in [-0.2, -0.15) is 4.98 Å². The highest BCUT2D eigenvalue weighted by atomic mass is 15.2. The standard InChI is InChI=1S/C25H33N7/c1-17(26)20-10-6-7-18(15-20)11-12-21-16-29-25(27)31-24(21)32(2)22-13-14-28-23(30-22)19-8-4-3-5-9-19/h3-5,8-9,13-14,16-18,20H,6-7,10-12,15,26H2,1-2H3,(H2,27,29,31)/t17-,18?,20?/m0/s1. The fraction of sp³-hybridized carbons (Fsp3) is 0.440. The van der Waals surface area contributed by atoms with E-state index in [0.717, 1.165) is 35.6 Å². The third kappa shape index (κ3) is 5.22. The average Bonchev–Trinajstić information content (AvgIpc) is 2.83. The molecule has 0 amide bonds. The van der Waals surface area contributed by atoms with E-state index in [-0.39, 0.29) is 12.0 Å². The molecule has 1 aliphatic rings. The van der Waals surface area contributed by atoms with Crippen LogP contribution in [0.3, 0.4) is 0 Å². The zero-order chi connectivity index (χ0) is 22.5. The molecule has 1 aliphatic carbocycles. The summed E-state index contributed by atoms with van der Waals surface area (Å²) in [5.74, 6) is 3.85. The molecule has 1 saturated carbocycles. The van der Waals surface area contributed by atoms with Gasteiger partial charge in [-0.05, 0) is 50.5 Å². The minimum Gasteiger partial charge on any atom is -0.368 e. The van der Waals surface area contributed by atoms with E-state index in [1.165, 1.54) is 25.7 Å². The Morgan fingerprint density at radius 2 is 1.91 bits per heavy atom. The van der Waals surface area contributed by atoms with Crippen LogP contribution in [0, 0.1) is 11.8 Å². The van der Waals surface area contributed by atoms with Crippen LogP contribution in [-0.4, -0.2) is 33.0 Å². The molecule has 2 heterocycles. The van der Waals surface area contributed by atoms with Gasteiger partial charge in [0.05, 0.1) is 0 Å². The molecule has 32 heavy (non-hydrogen) atoms. The van der Waals surface area contributed by atoms with Crippen molar-refractivity contribution in [3.8, 4) is 11.4 Å². The van der Waals surface area contributed by atoms with Crippen LogP contribution in [0.1, 0.15) is 44.6 Å². The summed E-state index contributed by atoms with van der Waals surface area (Å²) in [6, 6.07) is 12.1. The second kappa shape index (κ2) is 10.0. The molecule has 1 aromatic carbocycles. The molecule has 7 heteroatoms. The van der Waals surface area contributed by atoms with Crippen molar-refractivity contribution in [2.24, 2.45) is 17.6 Å². The Morgan fingerprint density at radius 3 is 2.69 bits per heavy atom. The van der Waals surface area contributed by atoms with E-state index in [1.54, 1.807) is 6.20 Å². The first kappa shape index (κ1) is 22.1. The molecule has 2 aromatic heterocycles. The highest BCUT2D eigenvalue weighted by Gasteiger charge is 2.25. The largest absolute Gasteiger partial charge is 0.368 e. The van der Waals surface area contributed by atoms with Gasteiger partial charge in [0.1, 0.15) is 11.6 Å². The number of aromatic nitrogens is 4. The molecule has 0 saturated heterocycles. The maximum Gasteiger partial charge on any atom is 0.221 e. The average molecular weight is 432 g/mol. The summed E-state index contributed by atoms with van der Waals surface area (Å²) in [6.07, 6.45) is 10.7. The summed E-state index contributed by atoms with van der Waals surface area (Å²) >= 11 is 0. The highest BCUT2D eigenvalue weighted by Crippen LogP contribution is 2.34. The molecule has 4 rings (SSSR count). The van der Waals surface area contributed by atoms with Crippen LogP contribution < -0.4 is 16.4 Å². The van der Waals surface area contributed by atoms with E-state index in [1.807, 2.05) is 54.5 Å². The molecule has 168 valence electrons. The van der Waals surface area contributed by atoms with Gasteiger partial charge in [-0.3, -0.25) is 0 Å². The number of rotatable bonds is 7. The summed E-state index contributed by atoms with van der Waals surface area (Å²) in [4.78, 5) is 20.0. The number of nitrogens with two attached hydrogens (primary N) is 2. The number of anilines is 3. The van der Waals surface area contributed by atoms with Crippen molar-refractivity contribution >= 4 is 17.6 Å². The van der Waals surface area contributed by atoms with Gasteiger partial charge in [-0.15, -0.1) is 0 Å². The van der Waals surface area contributed by atoms with Gasteiger partial charge >= 0.3 is 0 Å².